The zero-order chi connectivity index (χ0) is 25.1. The van der Waals surface area contributed by atoms with Crippen LogP contribution in [0.25, 0.3) is 10.3 Å². The van der Waals surface area contributed by atoms with Crippen molar-refractivity contribution in [3.05, 3.63) is 65.9 Å². The van der Waals surface area contributed by atoms with Gasteiger partial charge in [0.15, 0.2) is 5.13 Å². The Morgan fingerprint density at radius 2 is 1.83 bits per heavy atom. The van der Waals surface area contributed by atoms with Gasteiger partial charge in [0.05, 0.1) is 0 Å². The minimum Gasteiger partial charge on any atom is -0.341 e. The predicted molar refractivity (Wildman–Crippen MR) is 145 cm³/mol. The Kier molecular flexibility index (Phi) is 6.97. The first kappa shape index (κ1) is 24.0. The van der Waals surface area contributed by atoms with Gasteiger partial charge in [-0.3, -0.25) is 4.90 Å². The summed E-state index contributed by atoms with van der Waals surface area (Å²) in [5.41, 5.74) is 4.34. The third-order valence-corrected chi connectivity index (χ3v) is 7.23. The van der Waals surface area contributed by atoms with Crippen molar-refractivity contribution in [2.75, 3.05) is 50.5 Å². The summed E-state index contributed by atoms with van der Waals surface area (Å²) in [6.07, 6.45) is 1.82. The summed E-state index contributed by atoms with van der Waals surface area (Å²) < 4.78 is 0. The van der Waals surface area contributed by atoms with Gasteiger partial charge in [-0.2, -0.15) is 0 Å². The fourth-order valence-electron chi connectivity index (χ4n) is 4.22. The molecule has 3 aromatic heterocycles. The van der Waals surface area contributed by atoms with Gasteiger partial charge in [-0.05, 0) is 48.9 Å². The van der Waals surface area contributed by atoms with Crippen molar-refractivity contribution in [2.24, 2.45) is 0 Å². The molecule has 0 spiro atoms. The predicted octanol–water partition coefficient (Wildman–Crippen LogP) is 4.36. The van der Waals surface area contributed by atoms with Crippen LogP contribution >= 0.6 is 11.3 Å². The number of piperazine rings is 1. The Labute approximate surface area is 214 Å². The summed E-state index contributed by atoms with van der Waals surface area (Å²) in [5, 5.41) is 6.81. The second kappa shape index (κ2) is 10.5. The second-order valence-corrected chi connectivity index (χ2v) is 9.88. The number of urea groups is 1. The van der Waals surface area contributed by atoms with E-state index in [4.69, 9.17) is 9.97 Å². The standard InChI is InChI=1S/C26H30N8OS/c1-18-4-6-20(7-5-18)32(3)23-9-8-21-24(31-23)36-25(29-21)30-22-16-19(10-11-28-22)17-33-12-14-34(15-13-33)26(35)27-2/h4-11,16H,12-15,17H2,1-3H3,(H,27,35)(H,28,29,30). The molecule has 4 heterocycles. The molecule has 186 valence electrons. The lowest BCUT2D eigenvalue weighted by Gasteiger charge is -2.34. The molecule has 36 heavy (non-hydrogen) atoms. The van der Waals surface area contributed by atoms with E-state index in [-0.39, 0.29) is 6.03 Å². The lowest BCUT2D eigenvalue weighted by atomic mass is 10.2. The Balaban J connectivity index is 1.25. The van der Waals surface area contributed by atoms with E-state index in [1.165, 1.54) is 22.5 Å². The summed E-state index contributed by atoms with van der Waals surface area (Å²) in [6, 6.07) is 16.5. The highest BCUT2D eigenvalue weighted by Gasteiger charge is 2.20. The minimum absolute atomic E-state index is 0.00992. The van der Waals surface area contributed by atoms with Gasteiger partial charge in [-0.25, -0.2) is 19.7 Å². The van der Waals surface area contributed by atoms with Crippen molar-refractivity contribution >= 4 is 50.2 Å². The quantitative estimate of drug-likeness (QED) is 0.405. The van der Waals surface area contributed by atoms with Crippen LogP contribution in [0.3, 0.4) is 0 Å². The van der Waals surface area contributed by atoms with Gasteiger partial charge in [-0.1, -0.05) is 29.0 Å². The lowest BCUT2D eigenvalue weighted by Crippen LogP contribution is -2.50. The lowest BCUT2D eigenvalue weighted by molar-refractivity contribution is 0.136. The Morgan fingerprint density at radius 3 is 2.58 bits per heavy atom. The maximum atomic E-state index is 11.8. The van der Waals surface area contributed by atoms with Gasteiger partial charge in [0.2, 0.25) is 0 Å². The van der Waals surface area contributed by atoms with Crippen LogP contribution in [0.5, 0.6) is 0 Å². The third kappa shape index (κ3) is 5.39. The molecule has 0 atom stereocenters. The monoisotopic (exact) mass is 502 g/mol. The number of carbonyl (C=O) groups excluding carboxylic acids is 1. The van der Waals surface area contributed by atoms with Gasteiger partial charge < -0.3 is 20.4 Å². The van der Waals surface area contributed by atoms with E-state index in [1.807, 2.05) is 36.3 Å². The highest BCUT2D eigenvalue weighted by Crippen LogP contribution is 2.30. The molecule has 1 aliphatic rings. The van der Waals surface area contributed by atoms with E-state index in [9.17, 15) is 4.79 Å². The number of pyridine rings is 2. The molecule has 1 aromatic carbocycles. The number of hydrogen-bond donors (Lipinski definition) is 2. The van der Waals surface area contributed by atoms with Gasteiger partial charge in [0, 0.05) is 58.7 Å². The summed E-state index contributed by atoms with van der Waals surface area (Å²) in [7, 11) is 3.69. The van der Waals surface area contributed by atoms with Crippen LogP contribution in [-0.2, 0) is 6.54 Å². The van der Waals surface area contributed by atoms with Crippen LogP contribution in [0.2, 0.25) is 0 Å². The van der Waals surface area contributed by atoms with Crippen LogP contribution in [0.1, 0.15) is 11.1 Å². The fraction of sp³-hybridized carbons (Fsp3) is 0.308. The molecule has 5 rings (SSSR count). The minimum atomic E-state index is -0.00992. The molecule has 9 nitrogen and oxygen atoms in total. The average molecular weight is 503 g/mol. The maximum absolute atomic E-state index is 11.8. The summed E-state index contributed by atoms with van der Waals surface area (Å²) in [4.78, 5) is 33.0. The summed E-state index contributed by atoms with van der Waals surface area (Å²) in [5.74, 6) is 1.63. The zero-order valence-corrected chi connectivity index (χ0v) is 21.5. The van der Waals surface area contributed by atoms with Gasteiger partial charge in [0.25, 0.3) is 0 Å². The highest BCUT2D eigenvalue weighted by atomic mass is 32.1. The summed E-state index contributed by atoms with van der Waals surface area (Å²) in [6.45, 7) is 6.06. The summed E-state index contributed by atoms with van der Waals surface area (Å²) >= 11 is 1.51. The first-order valence-electron chi connectivity index (χ1n) is 12.0. The Hall–Kier alpha value is -3.76. The first-order valence-corrected chi connectivity index (χ1v) is 12.8. The zero-order valence-electron chi connectivity index (χ0n) is 20.7. The molecule has 0 unspecified atom stereocenters. The van der Waals surface area contributed by atoms with E-state index >= 15 is 0 Å². The van der Waals surface area contributed by atoms with Crippen molar-refractivity contribution in [2.45, 2.75) is 13.5 Å². The van der Waals surface area contributed by atoms with Crippen LogP contribution in [0.15, 0.2) is 54.7 Å². The van der Waals surface area contributed by atoms with E-state index in [0.717, 1.165) is 65.5 Å². The van der Waals surface area contributed by atoms with Crippen LogP contribution < -0.4 is 15.5 Å². The van der Waals surface area contributed by atoms with E-state index in [2.05, 4.69) is 62.7 Å². The number of aryl methyl sites for hydroxylation is 1. The molecule has 2 N–H and O–H groups in total. The SMILES string of the molecule is CNC(=O)N1CCN(Cc2ccnc(Nc3nc4ccc(N(C)c5ccc(C)cc5)nc4s3)c2)CC1. The molecular formula is C26H30N8OS. The van der Waals surface area contributed by atoms with Gasteiger partial charge >= 0.3 is 6.03 Å². The number of carbonyl (C=O) groups is 1. The molecular weight excluding hydrogens is 472 g/mol. The van der Waals surface area contributed by atoms with Crippen LogP contribution in [0, 0.1) is 6.92 Å². The number of nitrogens with zero attached hydrogens (tertiary/aromatic N) is 6. The molecule has 1 fully saturated rings. The Morgan fingerprint density at radius 1 is 1.06 bits per heavy atom. The number of aromatic nitrogens is 3. The van der Waals surface area contributed by atoms with E-state index in [0.29, 0.717) is 0 Å². The fourth-order valence-corrected chi connectivity index (χ4v) is 5.06. The topological polar surface area (TPSA) is 89.5 Å². The van der Waals surface area contributed by atoms with Gasteiger partial charge in [0.1, 0.15) is 22.0 Å². The molecule has 0 radical (unpaired) electrons. The van der Waals surface area contributed by atoms with Crippen LogP contribution in [-0.4, -0.2) is 71.1 Å². The Bertz CT molecular complexity index is 1350. The normalized spacial score (nSPS) is 14.1. The van der Waals surface area contributed by atoms with Crippen molar-refractivity contribution in [3.8, 4) is 0 Å². The second-order valence-electron chi connectivity index (χ2n) is 8.90. The number of nitrogens with one attached hydrogen (secondary N) is 2. The molecule has 4 aromatic rings. The molecule has 0 aliphatic carbocycles. The van der Waals surface area contributed by atoms with E-state index in [1.54, 1.807) is 7.05 Å². The van der Waals surface area contributed by atoms with Crippen molar-refractivity contribution < 1.29 is 4.79 Å². The van der Waals surface area contributed by atoms with Crippen molar-refractivity contribution in [1.29, 1.82) is 0 Å². The number of amides is 2. The average Bonchev–Trinajstić information content (AvgIpc) is 3.30. The number of anilines is 4. The molecule has 0 bridgehead atoms. The van der Waals surface area contributed by atoms with Crippen molar-refractivity contribution in [3.63, 3.8) is 0 Å². The van der Waals surface area contributed by atoms with Crippen LogP contribution in [0.4, 0.5) is 27.2 Å². The molecule has 10 heteroatoms. The number of rotatable bonds is 6. The first-order chi connectivity index (χ1) is 17.5. The number of hydrogen-bond acceptors (Lipinski definition) is 8. The number of benzene rings is 1. The molecule has 2 amide bonds. The number of thiazole rings is 1. The maximum Gasteiger partial charge on any atom is 0.317 e. The number of fused-ring (bicyclic) bond motifs is 1. The van der Waals surface area contributed by atoms with Gasteiger partial charge in [-0.15, -0.1) is 0 Å². The largest absolute Gasteiger partial charge is 0.341 e. The van der Waals surface area contributed by atoms with Crippen molar-refractivity contribution in [1.82, 2.24) is 30.1 Å². The molecule has 1 aliphatic heterocycles. The molecule has 0 saturated carbocycles. The molecule has 1 saturated heterocycles. The smallest absolute Gasteiger partial charge is 0.317 e. The third-order valence-electron chi connectivity index (χ3n) is 6.34. The van der Waals surface area contributed by atoms with E-state index < -0.39 is 0 Å². The highest BCUT2D eigenvalue weighted by molar-refractivity contribution is 7.21.